The lowest BCUT2D eigenvalue weighted by atomic mass is 10.1. The van der Waals surface area contributed by atoms with Crippen molar-refractivity contribution in [1.82, 2.24) is 10.2 Å². The second-order valence-corrected chi connectivity index (χ2v) is 7.01. The monoisotopic (exact) mass is 362 g/mol. The SMILES string of the molecule is C[C@H](c1ccccc1)N1CC[C@H](NC(=O)c2cc(=O)c3ccccc3o2)C1. The Labute approximate surface area is 157 Å². The van der Waals surface area contributed by atoms with Crippen LogP contribution in [-0.4, -0.2) is 29.9 Å². The highest BCUT2D eigenvalue weighted by Crippen LogP contribution is 2.24. The molecule has 0 bridgehead atoms. The Morgan fingerprint density at radius 2 is 1.89 bits per heavy atom. The maximum Gasteiger partial charge on any atom is 0.287 e. The van der Waals surface area contributed by atoms with E-state index >= 15 is 0 Å². The van der Waals surface area contributed by atoms with Gasteiger partial charge in [0.15, 0.2) is 11.2 Å². The molecule has 5 nitrogen and oxygen atoms in total. The van der Waals surface area contributed by atoms with Gasteiger partial charge in [0.1, 0.15) is 5.58 Å². The average Bonchev–Trinajstić information content (AvgIpc) is 3.16. The van der Waals surface area contributed by atoms with Crippen molar-refractivity contribution in [2.75, 3.05) is 13.1 Å². The van der Waals surface area contributed by atoms with Gasteiger partial charge in [0, 0.05) is 31.2 Å². The molecule has 1 fully saturated rings. The molecular formula is C22H22N2O3. The third kappa shape index (κ3) is 3.64. The summed E-state index contributed by atoms with van der Waals surface area (Å²) in [5.41, 5.74) is 1.50. The minimum absolute atomic E-state index is 0.0421. The molecule has 2 atom stereocenters. The van der Waals surface area contributed by atoms with Gasteiger partial charge in [0.25, 0.3) is 5.91 Å². The van der Waals surface area contributed by atoms with Crippen LogP contribution in [0.1, 0.15) is 35.5 Å². The van der Waals surface area contributed by atoms with E-state index in [2.05, 4.69) is 29.3 Å². The molecule has 1 aliphatic heterocycles. The van der Waals surface area contributed by atoms with Crippen molar-refractivity contribution >= 4 is 16.9 Å². The van der Waals surface area contributed by atoms with Gasteiger partial charge < -0.3 is 9.73 Å². The first-order chi connectivity index (χ1) is 13.1. The standard InChI is InChI=1S/C22H22N2O3/c1-15(16-7-3-2-4-8-16)24-12-11-17(14-24)23-22(26)21-13-19(25)18-9-5-6-10-20(18)27-21/h2-10,13,15,17H,11-12,14H2,1H3,(H,23,26)/t15-,17+/m1/s1. The summed E-state index contributed by atoms with van der Waals surface area (Å²) in [6, 6.07) is 18.9. The number of hydrogen-bond acceptors (Lipinski definition) is 4. The van der Waals surface area contributed by atoms with Crippen LogP contribution in [0.4, 0.5) is 0 Å². The molecule has 1 saturated heterocycles. The van der Waals surface area contributed by atoms with Gasteiger partial charge in [0.05, 0.1) is 5.39 Å². The Hall–Kier alpha value is -2.92. The zero-order valence-corrected chi connectivity index (χ0v) is 15.2. The fraction of sp³-hybridized carbons (Fsp3) is 0.273. The van der Waals surface area contributed by atoms with Crippen LogP contribution in [0.3, 0.4) is 0 Å². The van der Waals surface area contributed by atoms with E-state index < -0.39 is 0 Å². The summed E-state index contributed by atoms with van der Waals surface area (Å²) in [6.45, 7) is 3.88. The number of hydrogen-bond donors (Lipinski definition) is 1. The lowest BCUT2D eigenvalue weighted by Crippen LogP contribution is -2.37. The number of amides is 1. The van der Waals surface area contributed by atoms with Gasteiger partial charge in [-0.3, -0.25) is 14.5 Å². The number of nitrogens with one attached hydrogen (secondary N) is 1. The summed E-state index contributed by atoms with van der Waals surface area (Å²) in [5, 5.41) is 3.49. The largest absolute Gasteiger partial charge is 0.451 e. The predicted molar refractivity (Wildman–Crippen MR) is 105 cm³/mol. The highest BCUT2D eigenvalue weighted by atomic mass is 16.3. The Kier molecular flexibility index (Phi) is 4.77. The van der Waals surface area contributed by atoms with Gasteiger partial charge in [0.2, 0.25) is 0 Å². The number of nitrogens with zero attached hydrogens (tertiary/aromatic N) is 1. The number of carbonyl (C=O) groups is 1. The van der Waals surface area contributed by atoms with Crippen molar-refractivity contribution in [3.05, 3.63) is 82.2 Å². The zero-order valence-electron chi connectivity index (χ0n) is 15.2. The normalized spacial score (nSPS) is 18.5. The molecule has 4 rings (SSSR count). The van der Waals surface area contributed by atoms with Gasteiger partial charge in [-0.2, -0.15) is 0 Å². The molecular weight excluding hydrogens is 340 g/mol. The van der Waals surface area contributed by atoms with Crippen LogP contribution < -0.4 is 10.7 Å². The second kappa shape index (κ2) is 7.37. The molecule has 1 amide bonds. The van der Waals surface area contributed by atoms with Crippen molar-refractivity contribution in [2.24, 2.45) is 0 Å². The summed E-state index contributed by atoms with van der Waals surface area (Å²) < 4.78 is 5.63. The summed E-state index contributed by atoms with van der Waals surface area (Å²) in [5.74, 6) is -0.273. The topological polar surface area (TPSA) is 62.6 Å². The van der Waals surface area contributed by atoms with E-state index in [-0.39, 0.29) is 23.1 Å². The number of likely N-dealkylation sites (tertiary alicyclic amines) is 1. The van der Waals surface area contributed by atoms with E-state index in [0.717, 1.165) is 19.5 Å². The number of para-hydroxylation sites is 1. The molecule has 1 aliphatic rings. The fourth-order valence-electron chi connectivity index (χ4n) is 3.67. The molecule has 2 heterocycles. The molecule has 2 aromatic carbocycles. The van der Waals surface area contributed by atoms with Gasteiger partial charge in [-0.05, 0) is 31.0 Å². The zero-order chi connectivity index (χ0) is 18.8. The van der Waals surface area contributed by atoms with Crippen LogP contribution in [0.5, 0.6) is 0 Å². The van der Waals surface area contributed by atoms with Crippen molar-refractivity contribution in [1.29, 1.82) is 0 Å². The molecule has 0 unspecified atom stereocenters. The Morgan fingerprint density at radius 3 is 2.70 bits per heavy atom. The molecule has 0 saturated carbocycles. The van der Waals surface area contributed by atoms with Crippen LogP contribution in [0.2, 0.25) is 0 Å². The summed E-state index contributed by atoms with van der Waals surface area (Å²) in [6.07, 6.45) is 0.876. The number of carbonyl (C=O) groups excluding carboxylic acids is 1. The van der Waals surface area contributed by atoms with Crippen molar-refractivity contribution in [2.45, 2.75) is 25.4 Å². The maximum absolute atomic E-state index is 12.6. The van der Waals surface area contributed by atoms with Crippen LogP contribution in [-0.2, 0) is 0 Å². The Bertz CT molecular complexity index is 1010. The number of fused-ring (bicyclic) bond motifs is 1. The minimum Gasteiger partial charge on any atom is -0.451 e. The lowest BCUT2D eigenvalue weighted by Gasteiger charge is -2.24. The van der Waals surface area contributed by atoms with Crippen LogP contribution in [0.15, 0.2) is 69.9 Å². The molecule has 138 valence electrons. The predicted octanol–water partition coefficient (Wildman–Crippen LogP) is 3.36. The van der Waals surface area contributed by atoms with Crippen molar-refractivity contribution < 1.29 is 9.21 Å². The quantitative estimate of drug-likeness (QED) is 0.773. The van der Waals surface area contributed by atoms with Crippen LogP contribution in [0.25, 0.3) is 11.0 Å². The van der Waals surface area contributed by atoms with E-state index in [9.17, 15) is 9.59 Å². The molecule has 0 spiro atoms. The van der Waals surface area contributed by atoms with Gasteiger partial charge >= 0.3 is 0 Å². The van der Waals surface area contributed by atoms with E-state index in [1.807, 2.05) is 18.2 Å². The van der Waals surface area contributed by atoms with Gasteiger partial charge in [-0.1, -0.05) is 42.5 Å². The Balaban J connectivity index is 1.44. The molecule has 3 aromatic rings. The van der Waals surface area contributed by atoms with E-state index in [1.165, 1.54) is 11.6 Å². The third-order valence-electron chi connectivity index (χ3n) is 5.24. The number of benzene rings is 2. The first kappa shape index (κ1) is 17.5. The van der Waals surface area contributed by atoms with E-state index in [1.54, 1.807) is 24.3 Å². The van der Waals surface area contributed by atoms with Crippen LogP contribution >= 0.6 is 0 Å². The summed E-state index contributed by atoms with van der Waals surface area (Å²) >= 11 is 0. The minimum atomic E-state index is -0.336. The average molecular weight is 362 g/mol. The molecule has 0 radical (unpaired) electrons. The van der Waals surface area contributed by atoms with Gasteiger partial charge in [-0.15, -0.1) is 0 Å². The van der Waals surface area contributed by atoms with Crippen molar-refractivity contribution in [3.63, 3.8) is 0 Å². The fourth-order valence-corrected chi connectivity index (χ4v) is 3.67. The van der Waals surface area contributed by atoms with Gasteiger partial charge in [-0.25, -0.2) is 0 Å². The van der Waals surface area contributed by atoms with Crippen LogP contribution in [0, 0.1) is 0 Å². The molecule has 27 heavy (non-hydrogen) atoms. The van der Waals surface area contributed by atoms with E-state index in [0.29, 0.717) is 17.0 Å². The number of rotatable bonds is 4. The molecule has 1 aromatic heterocycles. The summed E-state index contributed by atoms with van der Waals surface area (Å²) in [7, 11) is 0. The Morgan fingerprint density at radius 1 is 1.15 bits per heavy atom. The second-order valence-electron chi connectivity index (χ2n) is 7.01. The molecule has 1 N–H and O–H groups in total. The first-order valence-electron chi connectivity index (χ1n) is 9.24. The smallest absolute Gasteiger partial charge is 0.287 e. The maximum atomic E-state index is 12.6. The molecule has 5 heteroatoms. The molecule has 0 aliphatic carbocycles. The lowest BCUT2D eigenvalue weighted by molar-refractivity contribution is 0.0909. The summed E-state index contributed by atoms with van der Waals surface area (Å²) in [4.78, 5) is 27.1. The third-order valence-corrected chi connectivity index (χ3v) is 5.24. The van der Waals surface area contributed by atoms with Crippen molar-refractivity contribution in [3.8, 4) is 0 Å². The van der Waals surface area contributed by atoms with E-state index in [4.69, 9.17) is 4.42 Å². The highest BCUT2D eigenvalue weighted by molar-refractivity contribution is 5.93. The highest BCUT2D eigenvalue weighted by Gasteiger charge is 2.28. The first-order valence-corrected chi connectivity index (χ1v) is 9.24.